The lowest BCUT2D eigenvalue weighted by Crippen LogP contribution is -2.59. The van der Waals surface area contributed by atoms with Crippen LogP contribution in [0.2, 0.25) is 0 Å². The van der Waals surface area contributed by atoms with Crippen molar-refractivity contribution in [3.05, 3.63) is 12.2 Å². The SMILES string of the molecule is CC1CN(C2CC=CC2)C(C(C)C)CN1. The number of hydrogen-bond acceptors (Lipinski definition) is 2. The molecule has 2 unspecified atom stereocenters. The molecule has 15 heavy (non-hydrogen) atoms. The van der Waals surface area contributed by atoms with Gasteiger partial charge in [0.25, 0.3) is 0 Å². The van der Waals surface area contributed by atoms with Crippen molar-refractivity contribution in [2.45, 2.75) is 51.7 Å². The topological polar surface area (TPSA) is 15.3 Å². The van der Waals surface area contributed by atoms with Crippen LogP contribution in [0.15, 0.2) is 12.2 Å². The Kier molecular flexibility index (Phi) is 3.47. The Bertz CT molecular complexity index is 227. The first kappa shape index (κ1) is 11.2. The van der Waals surface area contributed by atoms with Gasteiger partial charge in [0.15, 0.2) is 0 Å². The summed E-state index contributed by atoms with van der Waals surface area (Å²) in [6.07, 6.45) is 7.20. The number of piperazine rings is 1. The molecule has 0 aromatic rings. The van der Waals surface area contributed by atoms with Gasteiger partial charge in [0.05, 0.1) is 0 Å². The van der Waals surface area contributed by atoms with E-state index < -0.39 is 0 Å². The van der Waals surface area contributed by atoms with Gasteiger partial charge >= 0.3 is 0 Å². The van der Waals surface area contributed by atoms with Gasteiger partial charge in [-0.25, -0.2) is 0 Å². The van der Waals surface area contributed by atoms with Crippen LogP contribution in [0.5, 0.6) is 0 Å². The molecule has 1 aliphatic carbocycles. The van der Waals surface area contributed by atoms with Crippen LogP contribution in [0.25, 0.3) is 0 Å². The summed E-state index contributed by atoms with van der Waals surface area (Å²) in [6, 6.07) is 2.16. The van der Waals surface area contributed by atoms with Gasteiger partial charge in [0, 0.05) is 31.2 Å². The minimum atomic E-state index is 0.653. The molecule has 2 rings (SSSR count). The van der Waals surface area contributed by atoms with Crippen molar-refractivity contribution in [3.8, 4) is 0 Å². The van der Waals surface area contributed by atoms with Crippen LogP contribution < -0.4 is 5.32 Å². The molecule has 1 aliphatic heterocycles. The Morgan fingerprint density at radius 2 is 1.93 bits per heavy atom. The number of hydrogen-bond donors (Lipinski definition) is 1. The fourth-order valence-electron chi connectivity index (χ4n) is 2.87. The van der Waals surface area contributed by atoms with Gasteiger partial charge in [-0.2, -0.15) is 0 Å². The van der Waals surface area contributed by atoms with Crippen LogP contribution >= 0.6 is 0 Å². The molecule has 1 fully saturated rings. The summed E-state index contributed by atoms with van der Waals surface area (Å²) in [5.41, 5.74) is 0. The summed E-state index contributed by atoms with van der Waals surface area (Å²) in [4.78, 5) is 2.74. The maximum atomic E-state index is 3.60. The molecule has 0 radical (unpaired) electrons. The lowest BCUT2D eigenvalue weighted by atomic mass is 9.96. The second-order valence-electron chi connectivity index (χ2n) is 5.41. The Labute approximate surface area is 93.7 Å². The van der Waals surface area contributed by atoms with Crippen LogP contribution in [0, 0.1) is 5.92 Å². The summed E-state index contributed by atoms with van der Waals surface area (Å²) in [5.74, 6) is 0.755. The van der Waals surface area contributed by atoms with Gasteiger partial charge in [-0.05, 0) is 25.7 Å². The van der Waals surface area contributed by atoms with Crippen LogP contribution in [0.4, 0.5) is 0 Å². The molecule has 2 heteroatoms. The first-order valence-corrected chi connectivity index (χ1v) is 6.32. The largest absolute Gasteiger partial charge is 0.311 e. The summed E-state index contributed by atoms with van der Waals surface area (Å²) in [6.45, 7) is 9.37. The molecule has 1 N–H and O–H groups in total. The van der Waals surface area contributed by atoms with E-state index in [1.165, 1.54) is 19.4 Å². The van der Waals surface area contributed by atoms with Gasteiger partial charge in [0.2, 0.25) is 0 Å². The second kappa shape index (κ2) is 4.67. The van der Waals surface area contributed by atoms with E-state index >= 15 is 0 Å². The first-order valence-electron chi connectivity index (χ1n) is 6.32. The van der Waals surface area contributed by atoms with Crippen LogP contribution in [0.3, 0.4) is 0 Å². The molecule has 0 spiro atoms. The monoisotopic (exact) mass is 208 g/mol. The number of nitrogens with zero attached hydrogens (tertiary/aromatic N) is 1. The van der Waals surface area contributed by atoms with Crippen molar-refractivity contribution in [3.63, 3.8) is 0 Å². The Morgan fingerprint density at radius 1 is 1.27 bits per heavy atom. The molecule has 0 aromatic heterocycles. The van der Waals surface area contributed by atoms with Gasteiger partial charge in [-0.1, -0.05) is 26.0 Å². The molecule has 1 saturated heterocycles. The third-order valence-electron chi connectivity index (χ3n) is 3.81. The second-order valence-corrected chi connectivity index (χ2v) is 5.41. The zero-order chi connectivity index (χ0) is 10.8. The van der Waals surface area contributed by atoms with Crippen molar-refractivity contribution < 1.29 is 0 Å². The highest BCUT2D eigenvalue weighted by molar-refractivity contribution is 5.02. The molecular weight excluding hydrogens is 184 g/mol. The molecule has 0 saturated carbocycles. The molecule has 86 valence electrons. The molecule has 0 bridgehead atoms. The fraction of sp³-hybridized carbons (Fsp3) is 0.846. The van der Waals surface area contributed by atoms with Crippen LogP contribution in [-0.2, 0) is 0 Å². The number of nitrogens with one attached hydrogen (secondary N) is 1. The van der Waals surface area contributed by atoms with Crippen LogP contribution in [-0.4, -0.2) is 36.1 Å². The van der Waals surface area contributed by atoms with Gasteiger partial charge in [0.1, 0.15) is 0 Å². The Hall–Kier alpha value is -0.340. The summed E-state index contributed by atoms with van der Waals surface area (Å²) in [7, 11) is 0. The lowest BCUT2D eigenvalue weighted by Gasteiger charge is -2.44. The zero-order valence-corrected chi connectivity index (χ0v) is 10.2. The molecule has 0 aromatic carbocycles. The molecule has 1 heterocycles. The quantitative estimate of drug-likeness (QED) is 0.699. The highest BCUT2D eigenvalue weighted by Gasteiger charge is 2.32. The predicted molar refractivity (Wildman–Crippen MR) is 65.0 cm³/mol. The summed E-state index contributed by atoms with van der Waals surface area (Å²) < 4.78 is 0. The average Bonchev–Trinajstić information content (AvgIpc) is 2.69. The minimum Gasteiger partial charge on any atom is -0.311 e. The van der Waals surface area contributed by atoms with Crippen molar-refractivity contribution in [2.75, 3.05) is 13.1 Å². The van der Waals surface area contributed by atoms with E-state index in [0.717, 1.165) is 24.5 Å². The summed E-state index contributed by atoms with van der Waals surface area (Å²) in [5, 5.41) is 3.60. The molecule has 2 nitrogen and oxygen atoms in total. The highest BCUT2D eigenvalue weighted by atomic mass is 15.3. The molecule has 2 atom stereocenters. The molecule has 2 aliphatic rings. The zero-order valence-electron chi connectivity index (χ0n) is 10.2. The Morgan fingerprint density at radius 3 is 2.53 bits per heavy atom. The van der Waals surface area contributed by atoms with Gasteiger partial charge < -0.3 is 5.32 Å². The van der Waals surface area contributed by atoms with E-state index in [1.54, 1.807) is 0 Å². The Balaban J connectivity index is 2.02. The van der Waals surface area contributed by atoms with E-state index in [2.05, 4.69) is 43.1 Å². The van der Waals surface area contributed by atoms with E-state index in [-0.39, 0.29) is 0 Å². The van der Waals surface area contributed by atoms with E-state index in [0.29, 0.717) is 6.04 Å². The average molecular weight is 208 g/mol. The van der Waals surface area contributed by atoms with E-state index in [4.69, 9.17) is 0 Å². The fourth-order valence-corrected chi connectivity index (χ4v) is 2.87. The minimum absolute atomic E-state index is 0.653. The standard InChI is InChI=1S/C13H24N2/c1-10(2)13-8-14-11(3)9-15(13)12-6-4-5-7-12/h4-5,10-14H,6-9H2,1-3H3. The van der Waals surface area contributed by atoms with Gasteiger partial charge in [-0.15, -0.1) is 0 Å². The van der Waals surface area contributed by atoms with Crippen molar-refractivity contribution >= 4 is 0 Å². The molecular formula is C13H24N2. The summed E-state index contributed by atoms with van der Waals surface area (Å²) >= 11 is 0. The lowest BCUT2D eigenvalue weighted by molar-refractivity contribution is 0.0637. The normalized spacial score (nSPS) is 34.1. The molecule has 0 amide bonds. The first-order chi connectivity index (χ1) is 7.18. The van der Waals surface area contributed by atoms with E-state index in [9.17, 15) is 0 Å². The van der Waals surface area contributed by atoms with Crippen molar-refractivity contribution in [1.82, 2.24) is 10.2 Å². The van der Waals surface area contributed by atoms with Crippen LogP contribution in [0.1, 0.15) is 33.6 Å². The number of rotatable bonds is 2. The van der Waals surface area contributed by atoms with Gasteiger partial charge in [-0.3, -0.25) is 4.90 Å². The maximum Gasteiger partial charge on any atom is 0.0247 e. The smallest absolute Gasteiger partial charge is 0.0247 e. The predicted octanol–water partition coefficient (Wildman–Crippen LogP) is 2.02. The third-order valence-corrected chi connectivity index (χ3v) is 3.81. The van der Waals surface area contributed by atoms with Crippen molar-refractivity contribution in [2.24, 2.45) is 5.92 Å². The third kappa shape index (κ3) is 2.43. The van der Waals surface area contributed by atoms with Crippen molar-refractivity contribution in [1.29, 1.82) is 0 Å². The highest BCUT2D eigenvalue weighted by Crippen LogP contribution is 2.24. The van der Waals surface area contributed by atoms with E-state index in [1.807, 2.05) is 0 Å². The maximum absolute atomic E-state index is 3.60.